The van der Waals surface area contributed by atoms with Gasteiger partial charge in [0.15, 0.2) is 0 Å². The second kappa shape index (κ2) is 7.67. The van der Waals surface area contributed by atoms with Gasteiger partial charge in [-0.1, -0.05) is 25.1 Å². The minimum absolute atomic E-state index is 0.0884. The Hall–Kier alpha value is -2.04. The maximum absolute atomic E-state index is 12.1. The topological polar surface area (TPSA) is 61.4 Å². The molecule has 0 atom stereocenters. The van der Waals surface area contributed by atoms with Crippen LogP contribution < -0.4 is 10.6 Å². The number of likely N-dealkylation sites (tertiary alicyclic amines) is 1. The average molecular weight is 289 g/mol. The molecule has 0 saturated carbocycles. The smallest absolute Gasteiger partial charge is 0.241 e. The molecule has 1 heterocycles. The minimum Gasteiger partial charge on any atom is -0.376 e. The van der Waals surface area contributed by atoms with E-state index in [1.54, 1.807) is 0 Å². The Labute approximate surface area is 125 Å². The standard InChI is InChI=1S/C16H23N3O2/c1-2-15(20)18-14-8-10-19(11-9-14)16(21)12-17-13-6-4-3-5-7-13/h3-7,14,17H,2,8-12H2,1H3,(H,18,20). The van der Waals surface area contributed by atoms with Gasteiger partial charge in [0.2, 0.25) is 11.8 Å². The first kappa shape index (κ1) is 15.4. The van der Waals surface area contributed by atoms with Crippen LogP contribution in [-0.4, -0.2) is 42.4 Å². The fourth-order valence-corrected chi connectivity index (χ4v) is 2.45. The summed E-state index contributed by atoms with van der Waals surface area (Å²) in [6.45, 7) is 3.59. The Morgan fingerprint density at radius 1 is 1.19 bits per heavy atom. The molecule has 0 unspecified atom stereocenters. The number of hydrogen-bond donors (Lipinski definition) is 2. The fraction of sp³-hybridized carbons (Fsp3) is 0.500. The molecule has 0 spiro atoms. The number of hydrogen-bond acceptors (Lipinski definition) is 3. The molecule has 5 nitrogen and oxygen atoms in total. The predicted molar refractivity (Wildman–Crippen MR) is 83.0 cm³/mol. The van der Waals surface area contributed by atoms with E-state index in [9.17, 15) is 9.59 Å². The van der Waals surface area contributed by atoms with Crippen molar-refractivity contribution in [2.24, 2.45) is 0 Å². The molecule has 2 N–H and O–H groups in total. The molecule has 2 amide bonds. The molecule has 1 fully saturated rings. The Balaban J connectivity index is 1.72. The van der Waals surface area contributed by atoms with Crippen molar-refractivity contribution in [2.45, 2.75) is 32.2 Å². The molecule has 5 heteroatoms. The molecule has 1 aromatic rings. The molecular weight excluding hydrogens is 266 g/mol. The van der Waals surface area contributed by atoms with E-state index in [0.29, 0.717) is 26.1 Å². The molecule has 1 saturated heterocycles. The molecule has 1 aliphatic heterocycles. The summed E-state index contributed by atoms with van der Waals surface area (Å²) >= 11 is 0. The van der Waals surface area contributed by atoms with Crippen molar-refractivity contribution in [3.05, 3.63) is 30.3 Å². The van der Waals surface area contributed by atoms with Gasteiger partial charge in [0.1, 0.15) is 0 Å². The van der Waals surface area contributed by atoms with Crippen LogP contribution in [0.25, 0.3) is 0 Å². The SMILES string of the molecule is CCC(=O)NC1CCN(C(=O)CNc2ccccc2)CC1. The van der Waals surface area contributed by atoms with Crippen LogP contribution in [0.4, 0.5) is 5.69 Å². The number of nitrogens with one attached hydrogen (secondary N) is 2. The molecule has 2 rings (SSSR count). The van der Waals surface area contributed by atoms with Crippen molar-refractivity contribution >= 4 is 17.5 Å². The highest BCUT2D eigenvalue weighted by molar-refractivity contribution is 5.81. The highest BCUT2D eigenvalue weighted by atomic mass is 16.2. The van der Waals surface area contributed by atoms with Gasteiger partial charge in [-0.3, -0.25) is 9.59 Å². The Kier molecular flexibility index (Phi) is 5.60. The quantitative estimate of drug-likeness (QED) is 0.866. The molecule has 0 bridgehead atoms. The lowest BCUT2D eigenvalue weighted by molar-refractivity contribution is -0.130. The number of amides is 2. The van der Waals surface area contributed by atoms with Crippen molar-refractivity contribution in [3.63, 3.8) is 0 Å². The van der Waals surface area contributed by atoms with E-state index >= 15 is 0 Å². The lowest BCUT2D eigenvalue weighted by atomic mass is 10.0. The molecule has 0 aliphatic carbocycles. The zero-order valence-electron chi connectivity index (χ0n) is 12.5. The summed E-state index contributed by atoms with van der Waals surface area (Å²) in [4.78, 5) is 25.4. The second-order valence-corrected chi connectivity index (χ2v) is 5.30. The van der Waals surface area contributed by atoms with Crippen molar-refractivity contribution in [1.29, 1.82) is 0 Å². The summed E-state index contributed by atoms with van der Waals surface area (Å²) in [6, 6.07) is 9.93. The van der Waals surface area contributed by atoms with E-state index in [-0.39, 0.29) is 17.9 Å². The number of anilines is 1. The highest BCUT2D eigenvalue weighted by Gasteiger charge is 2.23. The van der Waals surface area contributed by atoms with Crippen molar-refractivity contribution in [1.82, 2.24) is 10.2 Å². The van der Waals surface area contributed by atoms with Crippen LogP contribution in [0.1, 0.15) is 26.2 Å². The van der Waals surface area contributed by atoms with Crippen LogP contribution in [0.15, 0.2) is 30.3 Å². The van der Waals surface area contributed by atoms with Crippen LogP contribution in [0.2, 0.25) is 0 Å². The molecule has 114 valence electrons. The molecule has 21 heavy (non-hydrogen) atoms. The Morgan fingerprint density at radius 2 is 1.86 bits per heavy atom. The van der Waals surface area contributed by atoms with Gasteiger partial charge in [0, 0.05) is 31.2 Å². The number of nitrogens with zero attached hydrogens (tertiary/aromatic N) is 1. The first-order valence-electron chi connectivity index (χ1n) is 7.55. The second-order valence-electron chi connectivity index (χ2n) is 5.30. The normalized spacial score (nSPS) is 15.6. The number of rotatable bonds is 5. The molecule has 1 aromatic carbocycles. The molecular formula is C16H23N3O2. The van der Waals surface area contributed by atoms with Crippen molar-refractivity contribution in [3.8, 4) is 0 Å². The van der Waals surface area contributed by atoms with Crippen LogP contribution in [-0.2, 0) is 9.59 Å². The van der Waals surface area contributed by atoms with Gasteiger partial charge in [0.25, 0.3) is 0 Å². The third-order valence-corrected chi connectivity index (χ3v) is 3.75. The number of para-hydroxylation sites is 1. The van der Waals surface area contributed by atoms with E-state index in [4.69, 9.17) is 0 Å². The van der Waals surface area contributed by atoms with Crippen LogP contribution in [0.5, 0.6) is 0 Å². The van der Waals surface area contributed by atoms with E-state index in [0.717, 1.165) is 18.5 Å². The highest BCUT2D eigenvalue weighted by Crippen LogP contribution is 2.11. The number of piperidine rings is 1. The maximum atomic E-state index is 12.1. The third kappa shape index (κ3) is 4.77. The first-order chi connectivity index (χ1) is 10.2. The molecule has 1 aliphatic rings. The predicted octanol–water partition coefficient (Wildman–Crippen LogP) is 1.62. The van der Waals surface area contributed by atoms with Crippen LogP contribution in [0, 0.1) is 0 Å². The Bertz CT molecular complexity index is 468. The van der Waals surface area contributed by atoms with Crippen LogP contribution in [0.3, 0.4) is 0 Å². The minimum atomic E-state index is 0.0884. The summed E-state index contributed by atoms with van der Waals surface area (Å²) in [6.07, 6.45) is 2.19. The lowest BCUT2D eigenvalue weighted by Gasteiger charge is -2.32. The van der Waals surface area contributed by atoms with E-state index in [1.165, 1.54) is 0 Å². The monoisotopic (exact) mass is 289 g/mol. The number of carbonyl (C=O) groups is 2. The summed E-state index contributed by atoms with van der Waals surface area (Å²) < 4.78 is 0. The lowest BCUT2D eigenvalue weighted by Crippen LogP contribution is -2.47. The van der Waals surface area contributed by atoms with Crippen molar-refractivity contribution < 1.29 is 9.59 Å². The third-order valence-electron chi connectivity index (χ3n) is 3.75. The largest absolute Gasteiger partial charge is 0.376 e. The van der Waals surface area contributed by atoms with Gasteiger partial charge in [-0.25, -0.2) is 0 Å². The van der Waals surface area contributed by atoms with Crippen molar-refractivity contribution in [2.75, 3.05) is 25.0 Å². The zero-order valence-corrected chi connectivity index (χ0v) is 12.5. The maximum Gasteiger partial charge on any atom is 0.241 e. The fourth-order valence-electron chi connectivity index (χ4n) is 2.45. The van der Waals surface area contributed by atoms with E-state index in [2.05, 4.69) is 10.6 Å². The average Bonchev–Trinajstić information content (AvgIpc) is 2.54. The first-order valence-corrected chi connectivity index (χ1v) is 7.55. The van der Waals surface area contributed by atoms with Gasteiger partial charge >= 0.3 is 0 Å². The summed E-state index contributed by atoms with van der Waals surface area (Å²) in [5, 5.41) is 6.13. The van der Waals surface area contributed by atoms with Gasteiger partial charge in [0.05, 0.1) is 6.54 Å². The summed E-state index contributed by atoms with van der Waals surface area (Å²) in [5.41, 5.74) is 0.955. The Morgan fingerprint density at radius 3 is 2.48 bits per heavy atom. The van der Waals surface area contributed by atoms with E-state index in [1.807, 2.05) is 42.2 Å². The van der Waals surface area contributed by atoms with Gasteiger partial charge < -0.3 is 15.5 Å². The van der Waals surface area contributed by atoms with Gasteiger partial charge in [-0.2, -0.15) is 0 Å². The summed E-state index contributed by atoms with van der Waals surface area (Å²) in [5.74, 6) is 0.199. The van der Waals surface area contributed by atoms with Gasteiger partial charge in [-0.05, 0) is 25.0 Å². The number of carbonyl (C=O) groups excluding carboxylic acids is 2. The summed E-state index contributed by atoms with van der Waals surface area (Å²) in [7, 11) is 0. The van der Waals surface area contributed by atoms with Gasteiger partial charge in [-0.15, -0.1) is 0 Å². The van der Waals surface area contributed by atoms with E-state index < -0.39 is 0 Å². The zero-order chi connectivity index (χ0) is 15.1. The van der Waals surface area contributed by atoms with Crippen LogP contribution >= 0.6 is 0 Å². The number of benzene rings is 1. The molecule has 0 radical (unpaired) electrons. The molecule has 0 aromatic heterocycles.